The van der Waals surface area contributed by atoms with Gasteiger partial charge in [-0.3, -0.25) is 4.79 Å². The third-order valence-electron chi connectivity index (χ3n) is 7.54. The van der Waals surface area contributed by atoms with Crippen LogP contribution in [-0.4, -0.2) is 57.5 Å². The molecular formula is C31H34N2O6. The summed E-state index contributed by atoms with van der Waals surface area (Å²) < 4.78 is 30.0. The summed E-state index contributed by atoms with van der Waals surface area (Å²) in [5.41, 5.74) is 4.82. The van der Waals surface area contributed by atoms with E-state index in [4.69, 9.17) is 23.7 Å². The summed E-state index contributed by atoms with van der Waals surface area (Å²) in [6.07, 6.45) is 3.17. The van der Waals surface area contributed by atoms with Crippen molar-refractivity contribution in [1.82, 2.24) is 9.47 Å². The molecule has 0 saturated heterocycles. The van der Waals surface area contributed by atoms with Gasteiger partial charge in [0.1, 0.15) is 0 Å². The van der Waals surface area contributed by atoms with Gasteiger partial charge in [-0.2, -0.15) is 0 Å². The van der Waals surface area contributed by atoms with Crippen LogP contribution in [-0.2, 0) is 19.9 Å². The quantitative estimate of drug-likeness (QED) is 0.312. The maximum atomic E-state index is 14.2. The number of carbonyl (C=O) groups is 1. The summed E-state index contributed by atoms with van der Waals surface area (Å²) in [6.45, 7) is 0.569. The van der Waals surface area contributed by atoms with E-state index in [0.717, 1.165) is 27.6 Å². The highest BCUT2D eigenvalue weighted by Crippen LogP contribution is 2.43. The molecule has 1 atom stereocenters. The van der Waals surface area contributed by atoms with Crippen LogP contribution in [0.1, 0.15) is 33.1 Å². The monoisotopic (exact) mass is 530 g/mol. The van der Waals surface area contributed by atoms with Crippen LogP contribution in [0.4, 0.5) is 0 Å². The molecule has 1 aromatic heterocycles. The van der Waals surface area contributed by atoms with Crippen LogP contribution in [0, 0.1) is 0 Å². The molecule has 5 rings (SSSR count). The first-order chi connectivity index (χ1) is 18.9. The van der Waals surface area contributed by atoms with Crippen molar-refractivity contribution in [3.05, 3.63) is 77.0 Å². The molecule has 1 unspecified atom stereocenters. The average Bonchev–Trinajstić information content (AvgIpc) is 3.31. The van der Waals surface area contributed by atoms with E-state index in [9.17, 15) is 4.79 Å². The molecule has 1 amide bonds. The minimum atomic E-state index is -0.261. The lowest BCUT2D eigenvalue weighted by molar-refractivity contribution is 0.0661. The Morgan fingerprint density at radius 1 is 0.846 bits per heavy atom. The highest BCUT2D eigenvalue weighted by Gasteiger charge is 2.34. The van der Waals surface area contributed by atoms with Crippen LogP contribution in [0.5, 0.6) is 28.7 Å². The summed E-state index contributed by atoms with van der Waals surface area (Å²) in [7, 11) is 10.0. The number of fused-ring (bicyclic) bond motifs is 2. The van der Waals surface area contributed by atoms with Crippen LogP contribution in [0.15, 0.2) is 54.7 Å². The number of aromatic nitrogens is 1. The molecule has 0 bridgehead atoms. The van der Waals surface area contributed by atoms with Gasteiger partial charge in [-0.25, -0.2) is 0 Å². The van der Waals surface area contributed by atoms with Crippen LogP contribution >= 0.6 is 0 Å². The van der Waals surface area contributed by atoms with E-state index in [2.05, 4.69) is 0 Å². The van der Waals surface area contributed by atoms with Gasteiger partial charge in [-0.15, -0.1) is 0 Å². The lowest BCUT2D eigenvalue weighted by Gasteiger charge is -2.38. The van der Waals surface area contributed by atoms with E-state index < -0.39 is 0 Å². The Labute approximate surface area is 228 Å². The Morgan fingerprint density at radius 2 is 1.49 bits per heavy atom. The van der Waals surface area contributed by atoms with Crippen LogP contribution in [0.3, 0.4) is 0 Å². The van der Waals surface area contributed by atoms with Crippen molar-refractivity contribution in [3.8, 4) is 28.7 Å². The molecule has 0 spiro atoms. The standard InChI is InChI=1S/C31H34N2O6/c1-32-18-23(21-9-7-8-10-24(21)32)31(34)33-12-11-20-16-26(35-2)27(36-3)17-22(20)25(33)13-19-14-28(37-4)30(39-6)29(15-19)38-5/h7-10,14-18,25H,11-13H2,1-6H3. The minimum absolute atomic E-state index is 0.00956. The fourth-order valence-electron chi connectivity index (χ4n) is 5.63. The van der Waals surface area contributed by atoms with Crippen molar-refractivity contribution in [2.24, 2.45) is 7.05 Å². The number of rotatable bonds is 8. The molecule has 0 fully saturated rings. The smallest absolute Gasteiger partial charge is 0.256 e. The van der Waals surface area contributed by atoms with Gasteiger partial charge >= 0.3 is 0 Å². The average molecular weight is 531 g/mol. The van der Waals surface area contributed by atoms with Crippen molar-refractivity contribution in [2.75, 3.05) is 42.1 Å². The molecule has 1 aliphatic heterocycles. The Morgan fingerprint density at radius 3 is 2.13 bits per heavy atom. The minimum Gasteiger partial charge on any atom is -0.493 e. The molecule has 8 heteroatoms. The Kier molecular flexibility index (Phi) is 7.28. The number of carbonyl (C=O) groups excluding carboxylic acids is 1. The predicted octanol–water partition coefficient (Wildman–Crippen LogP) is 5.20. The van der Waals surface area contributed by atoms with Crippen LogP contribution in [0.25, 0.3) is 10.9 Å². The number of aryl methyl sites for hydroxylation is 1. The molecule has 0 radical (unpaired) electrons. The van der Waals surface area contributed by atoms with E-state index in [-0.39, 0.29) is 11.9 Å². The van der Waals surface area contributed by atoms with Crippen molar-refractivity contribution >= 4 is 16.8 Å². The van der Waals surface area contributed by atoms with Gasteiger partial charge in [0.05, 0.1) is 47.2 Å². The van der Waals surface area contributed by atoms with E-state index in [1.807, 2.05) is 71.2 Å². The van der Waals surface area contributed by atoms with Crippen molar-refractivity contribution in [1.29, 1.82) is 0 Å². The molecule has 3 aromatic carbocycles. The number of methoxy groups -OCH3 is 5. The fraction of sp³-hybridized carbons (Fsp3) is 0.323. The summed E-state index contributed by atoms with van der Waals surface area (Å²) in [6, 6.07) is 15.6. The topological polar surface area (TPSA) is 71.4 Å². The van der Waals surface area contributed by atoms with E-state index >= 15 is 0 Å². The van der Waals surface area contributed by atoms with E-state index in [1.165, 1.54) is 0 Å². The van der Waals surface area contributed by atoms with Crippen LogP contribution in [0.2, 0.25) is 0 Å². The van der Waals surface area contributed by atoms with E-state index in [0.29, 0.717) is 53.7 Å². The molecule has 8 nitrogen and oxygen atoms in total. The SMILES string of the molecule is COc1cc2c(cc1OC)C(Cc1cc(OC)c(OC)c(OC)c1)N(C(=O)c1cn(C)c3ccccc13)CC2. The van der Waals surface area contributed by atoms with Gasteiger partial charge in [0.25, 0.3) is 5.91 Å². The second kappa shape index (κ2) is 10.8. The zero-order valence-electron chi connectivity index (χ0n) is 23.2. The lowest BCUT2D eigenvalue weighted by Crippen LogP contribution is -2.41. The Balaban J connectivity index is 1.64. The van der Waals surface area contributed by atoms with Crippen LogP contribution < -0.4 is 23.7 Å². The van der Waals surface area contributed by atoms with Gasteiger partial charge in [-0.05, 0) is 59.9 Å². The Bertz CT molecular complexity index is 1500. The third-order valence-corrected chi connectivity index (χ3v) is 7.54. The number of para-hydroxylation sites is 1. The number of nitrogens with zero attached hydrogens (tertiary/aromatic N) is 2. The molecular weight excluding hydrogens is 496 g/mol. The second-order valence-electron chi connectivity index (χ2n) is 9.58. The Hall–Kier alpha value is -4.33. The van der Waals surface area contributed by atoms with Crippen molar-refractivity contribution in [3.63, 3.8) is 0 Å². The molecule has 0 aliphatic carbocycles. The fourth-order valence-corrected chi connectivity index (χ4v) is 5.63. The largest absolute Gasteiger partial charge is 0.493 e. The summed E-state index contributed by atoms with van der Waals surface area (Å²) in [5.74, 6) is 2.97. The number of hydrogen-bond donors (Lipinski definition) is 0. The van der Waals surface area contributed by atoms with Gasteiger partial charge in [0.15, 0.2) is 23.0 Å². The third kappa shape index (κ3) is 4.60. The maximum Gasteiger partial charge on any atom is 0.256 e. The number of amides is 1. The summed E-state index contributed by atoms with van der Waals surface area (Å²) in [5, 5.41) is 0.939. The van der Waals surface area contributed by atoms with E-state index in [1.54, 1.807) is 35.5 Å². The van der Waals surface area contributed by atoms with Gasteiger partial charge in [0.2, 0.25) is 5.75 Å². The van der Waals surface area contributed by atoms with Crippen molar-refractivity contribution in [2.45, 2.75) is 18.9 Å². The zero-order valence-corrected chi connectivity index (χ0v) is 23.2. The highest BCUT2D eigenvalue weighted by atomic mass is 16.5. The summed E-state index contributed by atoms with van der Waals surface area (Å²) in [4.78, 5) is 16.2. The predicted molar refractivity (Wildman–Crippen MR) is 150 cm³/mol. The van der Waals surface area contributed by atoms with Gasteiger partial charge < -0.3 is 33.2 Å². The molecule has 4 aromatic rings. The molecule has 2 heterocycles. The van der Waals surface area contributed by atoms with Gasteiger partial charge in [-0.1, -0.05) is 18.2 Å². The summed E-state index contributed by atoms with van der Waals surface area (Å²) >= 11 is 0. The molecule has 1 aliphatic rings. The van der Waals surface area contributed by atoms with Crippen molar-refractivity contribution < 1.29 is 28.5 Å². The highest BCUT2D eigenvalue weighted by molar-refractivity contribution is 6.07. The zero-order chi connectivity index (χ0) is 27.7. The number of ether oxygens (including phenoxy) is 5. The maximum absolute atomic E-state index is 14.2. The second-order valence-corrected chi connectivity index (χ2v) is 9.58. The molecule has 0 N–H and O–H groups in total. The normalized spacial score (nSPS) is 14.6. The molecule has 0 saturated carbocycles. The van der Waals surface area contributed by atoms with Gasteiger partial charge in [0, 0.05) is 30.7 Å². The molecule has 39 heavy (non-hydrogen) atoms. The number of benzene rings is 3. The molecule has 204 valence electrons. The number of hydrogen-bond acceptors (Lipinski definition) is 6. The first kappa shape index (κ1) is 26.3. The first-order valence-electron chi connectivity index (χ1n) is 12.8. The lowest BCUT2D eigenvalue weighted by atomic mass is 9.87. The first-order valence-corrected chi connectivity index (χ1v) is 12.8.